The third kappa shape index (κ3) is 4.18. The first-order valence-electron chi connectivity index (χ1n) is 5.95. The smallest absolute Gasteiger partial charge is 0.339 e. The van der Waals surface area contributed by atoms with Crippen molar-refractivity contribution in [2.75, 3.05) is 13.7 Å². The van der Waals surface area contributed by atoms with E-state index >= 15 is 0 Å². The van der Waals surface area contributed by atoms with Crippen molar-refractivity contribution in [3.63, 3.8) is 0 Å². The molecule has 0 aliphatic heterocycles. The van der Waals surface area contributed by atoms with Crippen molar-refractivity contribution in [2.45, 2.75) is 18.7 Å². The number of carbonyl (C=O) groups is 1. The average molecular weight is 312 g/mol. The minimum Gasteiger partial charge on any atom is -0.496 e. The lowest BCUT2D eigenvalue weighted by Crippen LogP contribution is -2.33. The van der Waals surface area contributed by atoms with Crippen LogP contribution in [0.5, 0.6) is 5.75 Å². The van der Waals surface area contributed by atoms with Crippen LogP contribution >= 0.6 is 0 Å². The number of sulfonamides is 1. The van der Waals surface area contributed by atoms with Crippen molar-refractivity contribution in [2.24, 2.45) is 5.41 Å². The van der Waals surface area contributed by atoms with Gasteiger partial charge in [0, 0.05) is 6.54 Å². The van der Waals surface area contributed by atoms with Crippen molar-refractivity contribution in [3.05, 3.63) is 23.8 Å². The molecule has 8 heteroatoms. The van der Waals surface area contributed by atoms with Gasteiger partial charge in [-0.2, -0.15) is 5.26 Å². The van der Waals surface area contributed by atoms with Crippen LogP contribution in [0.2, 0.25) is 0 Å². The number of hydrogen-bond donors (Lipinski definition) is 2. The number of hydrogen-bond acceptors (Lipinski definition) is 5. The number of nitrogens with zero attached hydrogens (tertiary/aromatic N) is 1. The number of benzene rings is 1. The summed E-state index contributed by atoms with van der Waals surface area (Å²) in [6, 6.07) is 5.50. The molecule has 1 aromatic rings. The highest BCUT2D eigenvalue weighted by atomic mass is 32.2. The monoisotopic (exact) mass is 312 g/mol. The summed E-state index contributed by atoms with van der Waals surface area (Å²) >= 11 is 0. The fourth-order valence-corrected chi connectivity index (χ4v) is 2.66. The van der Waals surface area contributed by atoms with Gasteiger partial charge in [-0.05, 0) is 32.0 Å². The molecule has 0 aliphatic carbocycles. The van der Waals surface area contributed by atoms with Gasteiger partial charge in [0.1, 0.15) is 11.3 Å². The lowest BCUT2D eigenvalue weighted by molar-refractivity contribution is 0.0693. The number of methoxy groups -OCH3 is 1. The van der Waals surface area contributed by atoms with Gasteiger partial charge in [-0.15, -0.1) is 0 Å². The largest absolute Gasteiger partial charge is 0.496 e. The summed E-state index contributed by atoms with van der Waals surface area (Å²) in [4.78, 5) is 10.9. The van der Waals surface area contributed by atoms with E-state index in [0.29, 0.717) is 0 Å². The molecule has 1 aromatic carbocycles. The highest BCUT2D eigenvalue weighted by Gasteiger charge is 2.23. The summed E-state index contributed by atoms with van der Waals surface area (Å²) in [5.74, 6) is -1.22. The van der Waals surface area contributed by atoms with Crippen molar-refractivity contribution >= 4 is 16.0 Å². The van der Waals surface area contributed by atoms with Gasteiger partial charge in [0.15, 0.2) is 0 Å². The second kappa shape index (κ2) is 6.11. The van der Waals surface area contributed by atoms with Gasteiger partial charge in [0.05, 0.1) is 23.5 Å². The normalized spacial score (nSPS) is 11.7. The SMILES string of the molecule is COc1ccc(S(=O)(=O)NCC(C)(C)C#N)cc1C(=O)O. The molecule has 0 atom stereocenters. The summed E-state index contributed by atoms with van der Waals surface area (Å²) < 4.78 is 31.4. The Kier molecular flexibility index (Phi) is 4.93. The standard InChI is InChI=1S/C13H16N2O5S/c1-13(2,7-14)8-15-21(18,19)9-4-5-11(20-3)10(6-9)12(16)17/h4-6,15H,8H2,1-3H3,(H,16,17). The lowest BCUT2D eigenvalue weighted by Gasteiger charge is -2.16. The first kappa shape index (κ1) is 16.9. The molecule has 114 valence electrons. The zero-order valence-electron chi connectivity index (χ0n) is 11.9. The number of rotatable bonds is 6. The molecular weight excluding hydrogens is 296 g/mol. The number of carboxylic acids is 1. The fraction of sp³-hybridized carbons (Fsp3) is 0.385. The molecule has 0 saturated heterocycles. The first-order chi connectivity index (χ1) is 9.63. The quantitative estimate of drug-likeness (QED) is 0.815. The van der Waals surface area contributed by atoms with Gasteiger partial charge < -0.3 is 9.84 Å². The summed E-state index contributed by atoms with van der Waals surface area (Å²) in [6.45, 7) is 3.10. The Morgan fingerprint density at radius 1 is 1.48 bits per heavy atom. The number of nitrogens with one attached hydrogen (secondary N) is 1. The van der Waals surface area contributed by atoms with Crippen LogP contribution in [0.15, 0.2) is 23.1 Å². The summed E-state index contributed by atoms with van der Waals surface area (Å²) in [6.07, 6.45) is 0. The van der Waals surface area contributed by atoms with E-state index in [1.165, 1.54) is 19.2 Å². The van der Waals surface area contributed by atoms with Crippen molar-refractivity contribution in [1.29, 1.82) is 5.26 Å². The van der Waals surface area contributed by atoms with Gasteiger partial charge in [-0.3, -0.25) is 0 Å². The highest BCUT2D eigenvalue weighted by molar-refractivity contribution is 7.89. The van der Waals surface area contributed by atoms with Crippen LogP contribution in [0.25, 0.3) is 0 Å². The third-order valence-corrected chi connectivity index (χ3v) is 4.12. The van der Waals surface area contributed by atoms with E-state index in [1.807, 2.05) is 6.07 Å². The summed E-state index contributed by atoms with van der Waals surface area (Å²) in [5, 5.41) is 17.9. The minimum absolute atomic E-state index is 0.0683. The average Bonchev–Trinajstić information content (AvgIpc) is 2.44. The maximum atomic E-state index is 12.1. The molecule has 0 unspecified atom stereocenters. The maximum absolute atomic E-state index is 12.1. The second-order valence-electron chi connectivity index (χ2n) is 4.99. The molecule has 0 saturated carbocycles. The van der Waals surface area contributed by atoms with Crippen LogP contribution in [0.1, 0.15) is 24.2 Å². The van der Waals surface area contributed by atoms with E-state index in [2.05, 4.69) is 4.72 Å². The zero-order chi connectivity index (χ0) is 16.3. The van der Waals surface area contributed by atoms with E-state index in [4.69, 9.17) is 15.1 Å². The Bertz CT molecular complexity index is 689. The van der Waals surface area contributed by atoms with Gasteiger partial charge in [-0.25, -0.2) is 17.9 Å². The predicted octanol–water partition coefficient (Wildman–Crippen LogP) is 1.22. The van der Waals surface area contributed by atoms with Crippen molar-refractivity contribution in [1.82, 2.24) is 4.72 Å². The molecule has 21 heavy (non-hydrogen) atoms. The molecule has 0 spiro atoms. The predicted molar refractivity (Wildman–Crippen MR) is 74.5 cm³/mol. The Balaban J connectivity index is 3.13. The molecule has 1 rings (SSSR count). The number of carboxylic acid groups (broad SMARTS) is 1. The molecule has 0 fully saturated rings. The fourth-order valence-electron chi connectivity index (χ4n) is 1.42. The van der Waals surface area contributed by atoms with Crippen LogP contribution in [0.3, 0.4) is 0 Å². The van der Waals surface area contributed by atoms with E-state index < -0.39 is 21.4 Å². The van der Waals surface area contributed by atoms with E-state index in [1.54, 1.807) is 13.8 Å². The van der Waals surface area contributed by atoms with Crippen LogP contribution < -0.4 is 9.46 Å². The maximum Gasteiger partial charge on any atom is 0.339 e. The first-order valence-corrected chi connectivity index (χ1v) is 7.43. The van der Waals surface area contributed by atoms with E-state index in [-0.39, 0.29) is 22.8 Å². The molecule has 2 N–H and O–H groups in total. The van der Waals surface area contributed by atoms with Gasteiger partial charge >= 0.3 is 5.97 Å². The lowest BCUT2D eigenvalue weighted by atomic mass is 9.97. The second-order valence-corrected chi connectivity index (χ2v) is 6.75. The molecule has 0 aromatic heterocycles. The molecule has 0 radical (unpaired) electrons. The third-order valence-electron chi connectivity index (χ3n) is 2.72. The summed E-state index contributed by atoms with van der Waals surface area (Å²) in [7, 11) is -2.61. The molecule has 0 heterocycles. The molecule has 0 aliphatic rings. The van der Waals surface area contributed by atoms with Gasteiger partial charge in [-0.1, -0.05) is 0 Å². The molecule has 0 bridgehead atoms. The molecule has 0 amide bonds. The van der Waals surface area contributed by atoms with Crippen LogP contribution in [-0.4, -0.2) is 33.1 Å². The van der Waals surface area contributed by atoms with Crippen LogP contribution in [0, 0.1) is 16.7 Å². The van der Waals surface area contributed by atoms with Crippen LogP contribution in [0.4, 0.5) is 0 Å². The van der Waals surface area contributed by atoms with Crippen LogP contribution in [-0.2, 0) is 10.0 Å². The Morgan fingerprint density at radius 3 is 2.57 bits per heavy atom. The topological polar surface area (TPSA) is 116 Å². The number of nitriles is 1. The number of ether oxygens (including phenoxy) is 1. The highest BCUT2D eigenvalue weighted by Crippen LogP contribution is 2.23. The van der Waals surface area contributed by atoms with E-state index in [9.17, 15) is 13.2 Å². The Hall–Kier alpha value is -2.11. The molecular formula is C13H16N2O5S. The Labute approximate surface area is 123 Å². The minimum atomic E-state index is -3.90. The Morgan fingerprint density at radius 2 is 2.10 bits per heavy atom. The van der Waals surface area contributed by atoms with Gasteiger partial charge in [0.25, 0.3) is 0 Å². The van der Waals surface area contributed by atoms with Crippen molar-refractivity contribution < 1.29 is 23.1 Å². The zero-order valence-corrected chi connectivity index (χ0v) is 12.7. The van der Waals surface area contributed by atoms with E-state index in [0.717, 1.165) is 6.07 Å². The van der Waals surface area contributed by atoms with Gasteiger partial charge in [0.2, 0.25) is 10.0 Å². The van der Waals surface area contributed by atoms with Crippen molar-refractivity contribution in [3.8, 4) is 11.8 Å². The number of aromatic carboxylic acids is 1. The summed E-state index contributed by atoms with van der Waals surface area (Å²) in [5.41, 5.74) is -1.12. The molecule has 7 nitrogen and oxygen atoms in total.